The number of imide groups is 1. The number of carbonyl (C=O) groups is 2. The standard InChI is InChI=1S/C27H30N4O3/c1-6-19-12-14-29(15-13-19)24-22(25(32)30(27(24)34)16-17(2)3)21-23(18(4)5)28-31(26(21)33)20-10-8-7-9-11-20/h7-15,17-18H,6,16H2,1-5H3. The number of aryl methyl sites for hydroxylation is 1. The Kier molecular flexibility index (Phi) is 6.37. The summed E-state index contributed by atoms with van der Waals surface area (Å²) >= 11 is 0. The molecular formula is C27H30N4O3. The number of aromatic nitrogens is 3. The van der Waals surface area contributed by atoms with E-state index in [1.807, 2.05) is 58.0 Å². The Labute approximate surface area is 200 Å². The molecule has 0 spiro atoms. The Bertz CT molecular complexity index is 1260. The summed E-state index contributed by atoms with van der Waals surface area (Å²) < 4.78 is 2.97. The van der Waals surface area contributed by atoms with Crippen LogP contribution < -0.4 is 9.67 Å². The van der Waals surface area contributed by atoms with Gasteiger partial charge < -0.3 is 5.11 Å². The minimum atomic E-state index is -0.452. The van der Waals surface area contributed by atoms with Gasteiger partial charge in [-0.05, 0) is 41.8 Å². The molecule has 0 unspecified atom stereocenters. The molecule has 1 aliphatic rings. The molecule has 2 aromatic heterocycles. The highest BCUT2D eigenvalue weighted by Crippen LogP contribution is 2.39. The highest BCUT2D eigenvalue weighted by atomic mass is 16.3. The second-order valence-electron chi connectivity index (χ2n) is 9.27. The third kappa shape index (κ3) is 4.02. The van der Waals surface area contributed by atoms with Crippen LogP contribution in [0.5, 0.6) is 5.88 Å². The third-order valence-corrected chi connectivity index (χ3v) is 5.92. The summed E-state index contributed by atoms with van der Waals surface area (Å²) in [6.07, 6.45) is 4.41. The summed E-state index contributed by atoms with van der Waals surface area (Å²) in [5.74, 6) is -1.29. The molecule has 7 nitrogen and oxygen atoms in total. The van der Waals surface area contributed by atoms with Crippen LogP contribution in [0.2, 0.25) is 0 Å². The van der Waals surface area contributed by atoms with Gasteiger partial charge in [0.25, 0.3) is 11.6 Å². The summed E-state index contributed by atoms with van der Waals surface area (Å²) in [5.41, 5.74) is 2.73. The van der Waals surface area contributed by atoms with Gasteiger partial charge in [0.2, 0.25) is 0 Å². The molecule has 34 heavy (non-hydrogen) atoms. The Balaban J connectivity index is 1.99. The highest BCUT2D eigenvalue weighted by Gasteiger charge is 2.47. The predicted octanol–water partition coefficient (Wildman–Crippen LogP) is 3.31. The van der Waals surface area contributed by atoms with Gasteiger partial charge in [-0.1, -0.05) is 52.8 Å². The van der Waals surface area contributed by atoms with Crippen LogP contribution in [-0.4, -0.2) is 33.0 Å². The molecule has 1 aromatic carbocycles. The van der Waals surface area contributed by atoms with Crippen molar-refractivity contribution in [2.75, 3.05) is 6.54 Å². The predicted molar refractivity (Wildman–Crippen MR) is 128 cm³/mol. The summed E-state index contributed by atoms with van der Waals surface area (Å²) in [6, 6.07) is 12.9. The Hall–Kier alpha value is -3.74. The van der Waals surface area contributed by atoms with Gasteiger partial charge >= 0.3 is 5.91 Å². The first-order valence-corrected chi connectivity index (χ1v) is 11.7. The molecule has 0 bridgehead atoms. The molecule has 3 heterocycles. The quantitative estimate of drug-likeness (QED) is 0.402. The van der Waals surface area contributed by atoms with E-state index in [-0.39, 0.29) is 35.2 Å². The number of pyridine rings is 1. The summed E-state index contributed by atoms with van der Waals surface area (Å²) in [7, 11) is 0. The van der Waals surface area contributed by atoms with Crippen LogP contribution in [-0.2, 0) is 16.0 Å². The Morgan fingerprint density at radius 3 is 2.18 bits per heavy atom. The van der Waals surface area contributed by atoms with Crippen molar-refractivity contribution in [1.82, 2.24) is 14.7 Å². The molecule has 3 aromatic rings. The maximum Gasteiger partial charge on any atom is 0.326 e. The molecule has 4 rings (SSSR count). The van der Waals surface area contributed by atoms with Crippen molar-refractivity contribution in [3.8, 4) is 11.6 Å². The second kappa shape index (κ2) is 9.25. The number of amides is 2. The van der Waals surface area contributed by atoms with Crippen LogP contribution >= 0.6 is 0 Å². The van der Waals surface area contributed by atoms with Gasteiger partial charge in [0.05, 0.1) is 11.4 Å². The molecule has 0 radical (unpaired) electrons. The summed E-state index contributed by atoms with van der Waals surface area (Å²) in [4.78, 5) is 28.5. The maximum atomic E-state index is 13.7. The van der Waals surface area contributed by atoms with Gasteiger partial charge in [-0.3, -0.25) is 14.5 Å². The van der Waals surface area contributed by atoms with Crippen LogP contribution in [0.15, 0.2) is 54.9 Å². The molecule has 0 fully saturated rings. The largest absolute Gasteiger partial charge is 0.858 e. The van der Waals surface area contributed by atoms with E-state index in [1.165, 1.54) is 9.58 Å². The van der Waals surface area contributed by atoms with Crippen LogP contribution in [0, 0.1) is 5.92 Å². The second-order valence-corrected chi connectivity index (χ2v) is 9.27. The van der Waals surface area contributed by atoms with Crippen LogP contribution in [0.1, 0.15) is 57.4 Å². The van der Waals surface area contributed by atoms with Gasteiger partial charge in [0.1, 0.15) is 5.57 Å². The van der Waals surface area contributed by atoms with E-state index in [0.717, 1.165) is 12.0 Å². The highest BCUT2D eigenvalue weighted by molar-refractivity contribution is 6.45. The molecule has 2 amide bonds. The monoisotopic (exact) mass is 458 g/mol. The SMILES string of the molecule is CCc1cc[n+](C2=C(c3c(C(C)C)nn(-c4ccccc4)c3[O-])C(=O)N(CC(C)C)C2=O)cc1. The number of para-hydroxylation sites is 1. The molecular weight excluding hydrogens is 428 g/mol. The third-order valence-electron chi connectivity index (χ3n) is 5.92. The zero-order valence-electron chi connectivity index (χ0n) is 20.3. The van der Waals surface area contributed by atoms with Crippen molar-refractivity contribution in [3.63, 3.8) is 0 Å². The fourth-order valence-electron chi connectivity index (χ4n) is 4.20. The van der Waals surface area contributed by atoms with E-state index < -0.39 is 17.7 Å². The molecule has 7 heteroatoms. The van der Waals surface area contributed by atoms with Gasteiger partial charge in [-0.25, -0.2) is 4.68 Å². The van der Waals surface area contributed by atoms with Crippen molar-refractivity contribution in [2.45, 2.75) is 47.0 Å². The molecule has 176 valence electrons. The number of benzene rings is 1. The van der Waals surface area contributed by atoms with Crippen molar-refractivity contribution < 1.29 is 19.3 Å². The van der Waals surface area contributed by atoms with E-state index in [4.69, 9.17) is 0 Å². The van der Waals surface area contributed by atoms with Crippen LogP contribution in [0.3, 0.4) is 0 Å². The average Bonchev–Trinajstić information content (AvgIpc) is 3.28. The van der Waals surface area contributed by atoms with Crippen molar-refractivity contribution in [3.05, 3.63) is 71.7 Å². The molecule has 1 aliphatic heterocycles. The van der Waals surface area contributed by atoms with Crippen LogP contribution in [0.4, 0.5) is 0 Å². The minimum absolute atomic E-state index is 0.0873. The van der Waals surface area contributed by atoms with E-state index in [0.29, 0.717) is 11.4 Å². The fraction of sp³-hybridized carbons (Fsp3) is 0.333. The first kappa shape index (κ1) is 23.4. The van der Waals surface area contributed by atoms with Crippen molar-refractivity contribution >= 4 is 23.1 Å². The molecule has 0 atom stereocenters. The first-order chi connectivity index (χ1) is 16.2. The number of nitrogens with zero attached hydrogens (tertiary/aromatic N) is 4. The number of rotatable bonds is 7. The van der Waals surface area contributed by atoms with Gasteiger partial charge in [-0.2, -0.15) is 9.67 Å². The number of hydrogen-bond donors (Lipinski definition) is 0. The molecule has 0 N–H and O–H groups in total. The minimum Gasteiger partial charge on any atom is -0.858 e. The van der Waals surface area contributed by atoms with E-state index in [1.54, 1.807) is 29.1 Å². The fourth-order valence-corrected chi connectivity index (χ4v) is 4.20. The zero-order chi connectivity index (χ0) is 24.6. The average molecular weight is 459 g/mol. The van der Waals surface area contributed by atoms with Gasteiger partial charge in [-0.15, -0.1) is 0 Å². The van der Waals surface area contributed by atoms with Gasteiger partial charge in [0.15, 0.2) is 12.4 Å². The van der Waals surface area contributed by atoms with E-state index >= 15 is 0 Å². The lowest BCUT2D eigenvalue weighted by Gasteiger charge is -2.17. The Morgan fingerprint density at radius 2 is 1.62 bits per heavy atom. The summed E-state index contributed by atoms with van der Waals surface area (Å²) in [5, 5.41) is 18.3. The van der Waals surface area contributed by atoms with E-state index in [9.17, 15) is 14.7 Å². The summed E-state index contributed by atoms with van der Waals surface area (Å²) in [6.45, 7) is 10.1. The number of carbonyl (C=O) groups excluding carboxylic acids is 2. The molecule has 0 saturated heterocycles. The lowest BCUT2D eigenvalue weighted by molar-refractivity contribution is -0.577. The smallest absolute Gasteiger partial charge is 0.326 e. The lowest BCUT2D eigenvalue weighted by atomic mass is 9.98. The zero-order valence-corrected chi connectivity index (χ0v) is 20.3. The van der Waals surface area contributed by atoms with Crippen LogP contribution in [0.25, 0.3) is 17.0 Å². The van der Waals surface area contributed by atoms with Gasteiger partial charge in [0, 0.05) is 24.2 Å². The normalized spacial score (nSPS) is 14.3. The molecule has 0 aliphatic carbocycles. The maximum absolute atomic E-state index is 13.7. The molecule has 0 saturated carbocycles. The Morgan fingerprint density at radius 1 is 0.971 bits per heavy atom. The first-order valence-electron chi connectivity index (χ1n) is 11.7. The van der Waals surface area contributed by atoms with Crippen molar-refractivity contribution in [1.29, 1.82) is 0 Å². The number of hydrogen-bond acceptors (Lipinski definition) is 4. The topological polar surface area (TPSA) is 82.1 Å². The van der Waals surface area contributed by atoms with E-state index in [2.05, 4.69) is 12.0 Å². The lowest BCUT2D eigenvalue weighted by Crippen LogP contribution is -2.40. The van der Waals surface area contributed by atoms with Crippen molar-refractivity contribution in [2.24, 2.45) is 5.92 Å².